The van der Waals surface area contributed by atoms with Gasteiger partial charge in [-0.2, -0.15) is 0 Å². The van der Waals surface area contributed by atoms with Crippen molar-refractivity contribution in [3.05, 3.63) is 35.9 Å². The first-order valence-corrected chi connectivity index (χ1v) is 9.47. The monoisotopic (exact) mass is 338 g/mol. The molecule has 0 aliphatic carbocycles. The van der Waals surface area contributed by atoms with Crippen molar-refractivity contribution in [2.24, 2.45) is 0 Å². The lowest BCUT2D eigenvalue weighted by atomic mass is 10.1. The summed E-state index contributed by atoms with van der Waals surface area (Å²) in [4.78, 5) is 25.2. The maximum absolute atomic E-state index is 12.0. The van der Waals surface area contributed by atoms with Crippen LogP contribution >= 0.6 is 0 Å². The first-order valence-electron chi connectivity index (χ1n) is 7.65. The van der Waals surface area contributed by atoms with Gasteiger partial charge < -0.3 is 10.2 Å². The van der Waals surface area contributed by atoms with Gasteiger partial charge in [0.25, 0.3) is 0 Å². The summed E-state index contributed by atoms with van der Waals surface area (Å²) in [5.41, 5.74) is 1.10. The number of sulfone groups is 1. The maximum atomic E-state index is 12.0. The average molecular weight is 338 g/mol. The van der Waals surface area contributed by atoms with Crippen LogP contribution in [0.25, 0.3) is 0 Å². The molecule has 1 heterocycles. The molecule has 1 unspecified atom stereocenters. The molecule has 0 bridgehead atoms. The van der Waals surface area contributed by atoms with Crippen LogP contribution in [-0.4, -0.2) is 55.8 Å². The van der Waals surface area contributed by atoms with Crippen molar-refractivity contribution >= 4 is 21.7 Å². The van der Waals surface area contributed by atoms with Crippen LogP contribution in [0.1, 0.15) is 18.9 Å². The fraction of sp³-hybridized carbons (Fsp3) is 0.500. The highest BCUT2D eigenvalue weighted by Gasteiger charge is 2.29. The van der Waals surface area contributed by atoms with E-state index in [2.05, 4.69) is 5.32 Å². The molecule has 1 aliphatic rings. The Morgan fingerprint density at radius 1 is 1.26 bits per heavy atom. The minimum atomic E-state index is -3.03. The molecule has 6 nitrogen and oxygen atoms in total. The van der Waals surface area contributed by atoms with Gasteiger partial charge in [-0.3, -0.25) is 9.59 Å². The van der Waals surface area contributed by atoms with Gasteiger partial charge in [0.2, 0.25) is 11.8 Å². The minimum absolute atomic E-state index is 0.0111. The number of hydrogen-bond acceptors (Lipinski definition) is 4. The Kier molecular flexibility index (Phi) is 5.76. The highest BCUT2D eigenvalue weighted by atomic mass is 32.2. The molecular weight excluding hydrogens is 316 g/mol. The largest absolute Gasteiger partial charge is 0.351 e. The lowest BCUT2D eigenvalue weighted by molar-refractivity contribution is -0.134. The molecule has 1 aromatic rings. The summed E-state index contributed by atoms with van der Waals surface area (Å²) in [6.45, 7) is 1.84. The average Bonchev–Trinajstić information content (AvgIpc) is 2.83. The Morgan fingerprint density at radius 2 is 1.96 bits per heavy atom. The second-order valence-corrected chi connectivity index (χ2v) is 8.07. The van der Waals surface area contributed by atoms with Crippen molar-refractivity contribution < 1.29 is 18.0 Å². The molecule has 1 N–H and O–H groups in total. The Bertz CT molecular complexity index is 658. The second kappa shape index (κ2) is 7.59. The van der Waals surface area contributed by atoms with Gasteiger partial charge in [-0.05, 0) is 18.4 Å². The number of benzene rings is 1. The van der Waals surface area contributed by atoms with E-state index in [-0.39, 0.29) is 35.9 Å². The van der Waals surface area contributed by atoms with E-state index in [0.717, 1.165) is 5.56 Å². The third-order valence-corrected chi connectivity index (χ3v) is 5.66. The summed E-state index contributed by atoms with van der Waals surface area (Å²) >= 11 is 0. The third-order valence-electron chi connectivity index (χ3n) is 3.89. The molecule has 126 valence electrons. The molecule has 7 heteroatoms. The zero-order valence-electron chi connectivity index (χ0n) is 13.2. The second-order valence-electron chi connectivity index (χ2n) is 5.84. The van der Waals surface area contributed by atoms with Gasteiger partial charge >= 0.3 is 0 Å². The molecule has 1 aliphatic heterocycles. The molecule has 2 amide bonds. The van der Waals surface area contributed by atoms with Crippen molar-refractivity contribution in [3.8, 4) is 0 Å². The van der Waals surface area contributed by atoms with Crippen LogP contribution in [0.15, 0.2) is 30.3 Å². The lowest BCUT2D eigenvalue weighted by Crippen LogP contribution is -2.44. The van der Waals surface area contributed by atoms with E-state index in [1.54, 1.807) is 0 Å². The SMILES string of the molecule is CC(=O)N(CCc1ccccc1)CC(=O)NC1CCS(=O)(=O)C1. The molecule has 1 saturated heterocycles. The van der Waals surface area contributed by atoms with Gasteiger partial charge in [-0.1, -0.05) is 30.3 Å². The van der Waals surface area contributed by atoms with Gasteiger partial charge in [0.1, 0.15) is 0 Å². The minimum Gasteiger partial charge on any atom is -0.351 e. The van der Waals surface area contributed by atoms with Gasteiger partial charge in [-0.25, -0.2) is 8.42 Å². The van der Waals surface area contributed by atoms with Gasteiger partial charge in [0, 0.05) is 19.5 Å². The van der Waals surface area contributed by atoms with Crippen molar-refractivity contribution in [1.82, 2.24) is 10.2 Å². The lowest BCUT2D eigenvalue weighted by Gasteiger charge is -2.21. The van der Waals surface area contributed by atoms with E-state index in [0.29, 0.717) is 19.4 Å². The van der Waals surface area contributed by atoms with Crippen LogP contribution in [0.4, 0.5) is 0 Å². The number of nitrogens with zero attached hydrogens (tertiary/aromatic N) is 1. The predicted molar refractivity (Wildman–Crippen MR) is 87.6 cm³/mol. The molecule has 0 spiro atoms. The first-order chi connectivity index (χ1) is 10.9. The standard InChI is InChI=1S/C16H22N2O4S/c1-13(19)18(9-7-14-5-3-2-4-6-14)11-16(20)17-15-8-10-23(21,22)12-15/h2-6,15H,7-12H2,1H3,(H,17,20). The number of carbonyl (C=O) groups excluding carboxylic acids is 2. The highest BCUT2D eigenvalue weighted by molar-refractivity contribution is 7.91. The zero-order valence-corrected chi connectivity index (χ0v) is 14.0. The summed E-state index contributed by atoms with van der Waals surface area (Å²) < 4.78 is 22.8. The number of amides is 2. The molecule has 0 aromatic heterocycles. The molecule has 1 fully saturated rings. The van der Waals surface area contributed by atoms with Gasteiger partial charge in [-0.15, -0.1) is 0 Å². The maximum Gasteiger partial charge on any atom is 0.239 e. The number of carbonyl (C=O) groups is 2. The van der Waals surface area contributed by atoms with Crippen LogP contribution in [0.5, 0.6) is 0 Å². The van der Waals surface area contributed by atoms with E-state index >= 15 is 0 Å². The quantitative estimate of drug-likeness (QED) is 0.813. The van der Waals surface area contributed by atoms with Crippen molar-refractivity contribution in [2.45, 2.75) is 25.8 Å². The summed E-state index contributed by atoms with van der Waals surface area (Å²) in [5, 5.41) is 2.71. The normalized spacial score (nSPS) is 19.3. The van der Waals surface area contributed by atoms with Gasteiger partial charge in [0.05, 0.1) is 18.1 Å². The number of nitrogens with one attached hydrogen (secondary N) is 1. The summed E-state index contributed by atoms with van der Waals surface area (Å²) in [5.74, 6) is -0.379. The molecule has 23 heavy (non-hydrogen) atoms. The van der Waals surface area contributed by atoms with Crippen LogP contribution in [0, 0.1) is 0 Å². The van der Waals surface area contributed by atoms with Crippen LogP contribution in [-0.2, 0) is 25.8 Å². The Morgan fingerprint density at radius 3 is 2.52 bits per heavy atom. The van der Waals surface area contributed by atoms with Crippen molar-refractivity contribution in [2.75, 3.05) is 24.6 Å². The molecular formula is C16H22N2O4S. The van der Waals surface area contributed by atoms with E-state index in [9.17, 15) is 18.0 Å². The summed E-state index contributed by atoms with van der Waals surface area (Å²) in [6.07, 6.45) is 1.11. The molecule has 1 aromatic carbocycles. The topological polar surface area (TPSA) is 83.6 Å². The highest BCUT2D eigenvalue weighted by Crippen LogP contribution is 2.11. The summed E-state index contributed by atoms with van der Waals surface area (Å²) in [6, 6.07) is 9.40. The molecule has 0 radical (unpaired) electrons. The Labute approximate surface area is 136 Å². The van der Waals surface area contributed by atoms with Gasteiger partial charge in [0.15, 0.2) is 9.84 Å². The van der Waals surface area contributed by atoms with E-state index in [1.165, 1.54) is 11.8 Å². The molecule has 0 saturated carbocycles. The predicted octanol–water partition coefficient (Wildman–Crippen LogP) is 0.381. The van der Waals surface area contributed by atoms with E-state index in [4.69, 9.17) is 0 Å². The fourth-order valence-corrected chi connectivity index (χ4v) is 4.29. The van der Waals surface area contributed by atoms with E-state index in [1.807, 2.05) is 30.3 Å². The van der Waals surface area contributed by atoms with Crippen LogP contribution in [0.3, 0.4) is 0 Å². The van der Waals surface area contributed by atoms with Crippen LogP contribution in [0.2, 0.25) is 0 Å². The molecule has 1 atom stereocenters. The van der Waals surface area contributed by atoms with Crippen LogP contribution < -0.4 is 5.32 Å². The summed E-state index contributed by atoms with van der Waals surface area (Å²) in [7, 11) is -3.03. The molecule has 2 rings (SSSR count). The third kappa shape index (κ3) is 5.67. The number of rotatable bonds is 6. The Hall–Kier alpha value is -1.89. The number of hydrogen-bond donors (Lipinski definition) is 1. The van der Waals surface area contributed by atoms with E-state index < -0.39 is 9.84 Å². The zero-order chi connectivity index (χ0) is 16.9. The fourth-order valence-electron chi connectivity index (χ4n) is 2.61. The van der Waals surface area contributed by atoms with Crippen molar-refractivity contribution in [3.63, 3.8) is 0 Å². The Balaban J connectivity index is 1.84. The van der Waals surface area contributed by atoms with Crippen molar-refractivity contribution in [1.29, 1.82) is 0 Å². The first kappa shape index (κ1) is 17.5. The smallest absolute Gasteiger partial charge is 0.239 e.